The molecule has 96 valence electrons. The summed E-state index contributed by atoms with van der Waals surface area (Å²) >= 11 is 0. The lowest BCUT2D eigenvalue weighted by Gasteiger charge is -2.30. The van der Waals surface area contributed by atoms with E-state index in [2.05, 4.69) is 32.0 Å². The van der Waals surface area contributed by atoms with Crippen molar-refractivity contribution in [1.29, 1.82) is 5.26 Å². The summed E-state index contributed by atoms with van der Waals surface area (Å²) in [6, 6.07) is 1.85. The molecule has 1 atom stereocenters. The van der Waals surface area contributed by atoms with Crippen molar-refractivity contribution in [2.45, 2.75) is 45.1 Å². The zero-order valence-electron chi connectivity index (χ0n) is 10.3. The number of tetrazole rings is 1. The molecule has 1 aromatic heterocycles. The molecule has 2 N–H and O–H groups in total. The van der Waals surface area contributed by atoms with Crippen LogP contribution in [0.3, 0.4) is 0 Å². The van der Waals surface area contributed by atoms with Gasteiger partial charge in [0.1, 0.15) is 5.41 Å². The van der Waals surface area contributed by atoms with Gasteiger partial charge in [0.25, 0.3) is 0 Å². The van der Waals surface area contributed by atoms with Crippen molar-refractivity contribution >= 4 is 5.91 Å². The van der Waals surface area contributed by atoms with Gasteiger partial charge in [-0.3, -0.25) is 4.79 Å². The standard InChI is InChI=1S/C11H16N6O/c1-8(9-14-16-17-15-9)13-10(18)11(7-12)5-3-2-4-6-11/h8H,2-6H2,1H3,(H,13,18)(H,14,15,16,17). The molecule has 7 heteroatoms. The van der Waals surface area contributed by atoms with Crippen molar-refractivity contribution in [1.82, 2.24) is 25.9 Å². The molecule has 1 saturated carbocycles. The lowest BCUT2D eigenvalue weighted by Crippen LogP contribution is -2.42. The van der Waals surface area contributed by atoms with Gasteiger partial charge in [0.15, 0.2) is 5.82 Å². The molecule has 1 unspecified atom stereocenters. The highest BCUT2D eigenvalue weighted by Gasteiger charge is 2.40. The van der Waals surface area contributed by atoms with E-state index in [9.17, 15) is 10.1 Å². The lowest BCUT2D eigenvalue weighted by atomic mass is 9.74. The summed E-state index contributed by atoms with van der Waals surface area (Å²) in [5.74, 6) is 0.203. The minimum Gasteiger partial charge on any atom is -0.345 e. The van der Waals surface area contributed by atoms with Crippen molar-refractivity contribution in [2.75, 3.05) is 0 Å². The molecule has 0 aromatic carbocycles. The smallest absolute Gasteiger partial charge is 0.241 e. The zero-order chi connectivity index (χ0) is 13.0. The molecule has 7 nitrogen and oxygen atoms in total. The molecule has 0 aliphatic heterocycles. The van der Waals surface area contributed by atoms with Gasteiger partial charge in [-0.15, -0.1) is 10.2 Å². The Labute approximate surface area is 105 Å². The molecule has 1 aliphatic rings. The van der Waals surface area contributed by atoms with E-state index < -0.39 is 5.41 Å². The number of H-pyrrole nitrogens is 1. The summed E-state index contributed by atoms with van der Waals surface area (Å²) in [5, 5.41) is 25.5. The second-order valence-electron chi connectivity index (χ2n) is 4.72. The molecule has 1 aromatic rings. The third-order valence-corrected chi connectivity index (χ3v) is 3.45. The molecular weight excluding hydrogens is 232 g/mol. The zero-order valence-corrected chi connectivity index (χ0v) is 10.3. The topological polar surface area (TPSA) is 107 Å². The van der Waals surface area contributed by atoms with Crippen LogP contribution in [0.5, 0.6) is 0 Å². The van der Waals surface area contributed by atoms with E-state index in [1.54, 1.807) is 6.92 Å². The molecule has 0 bridgehead atoms. The predicted octanol–water partition coefficient (Wildman–Crippen LogP) is 0.851. The number of carbonyl (C=O) groups is 1. The Morgan fingerprint density at radius 2 is 2.22 bits per heavy atom. The molecule has 18 heavy (non-hydrogen) atoms. The summed E-state index contributed by atoms with van der Waals surface area (Å²) in [6.07, 6.45) is 4.22. The summed E-state index contributed by atoms with van der Waals surface area (Å²) < 4.78 is 0. The summed E-state index contributed by atoms with van der Waals surface area (Å²) in [7, 11) is 0. The van der Waals surface area contributed by atoms with E-state index in [1.807, 2.05) is 0 Å². The fourth-order valence-electron chi connectivity index (χ4n) is 2.30. The first-order valence-electron chi connectivity index (χ1n) is 6.13. The van der Waals surface area contributed by atoms with Gasteiger partial charge in [-0.2, -0.15) is 10.5 Å². The van der Waals surface area contributed by atoms with Crippen LogP contribution >= 0.6 is 0 Å². The molecule has 1 amide bonds. The number of nitriles is 1. The Morgan fingerprint density at radius 1 is 1.50 bits per heavy atom. The molecule has 2 rings (SSSR count). The van der Waals surface area contributed by atoms with E-state index >= 15 is 0 Å². The van der Waals surface area contributed by atoms with Gasteiger partial charge >= 0.3 is 0 Å². The van der Waals surface area contributed by atoms with Crippen LogP contribution in [-0.4, -0.2) is 26.5 Å². The predicted molar refractivity (Wildman–Crippen MR) is 61.9 cm³/mol. The molecule has 0 radical (unpaired) electrons. The van der Waals surface area contributed by atoms with E-state index in [-0.39, 0.29) is 11.9 Å². The van der Waals surface area contributed by atoms with E-state index in [1.165, 1.54) is 0 Å². The SMILES string of the molecule is CC(NC(=O)C1(C#N)CCCCC1)c1nn[nH]n1. The Kier molecular flexibility index (Phi) is 3.55. The highest BCUT2D eigenvalue weighted by molar-refractivity contribution is 5.85. The maximum atomic E-state index is 12.2. The maximum Gasteiger partial charge on any atom is 0.241 e. The Morgan fingerprint density at radius 3 is 2.78 bits per heavy atom. The van der Waals surface area contributed by atoms with Crippen LogP contribution in [0.25, 0.3) is 0 Å². The van der Waals surface area contributed by atoms with Gasteiger partial charge in [-0.05, 0) is 19.8 Å². The molecule has 1 heterocycles. The first kappa shape index (κ1) is 12.5. The number of hydrogen-bond donors (Lipinski definition) is 2. The van der Waals surface area contributed by atoms with Crippen LogP contribution in [0.15, 0.2) is 0 Å². The third-order valence-electron chi connectivity index (χ3n) is 3.45. The lowest BCUT2D eigenvalue weighted by molar-refractivity contribution is -0.130. The van der Waals surface area contributed by atoms with Gasteiger partial charge in [-0.1, -0.05) is 24.5 Å². The summed E-state index contributed by atoms with van der Waals surface area (Å²) in [6.45, 7) is 1.77. The quantitative estimate of drug-likeness (QED) is 0.824. The number of nitrogens with one attached hydrogen (secondary N) is 2. The highest BCUT2D eigenvalue weighted by Crippen LogP contribution is 2.36. The normalized spacial score (nSPS) is 19.8. The Hall–Kier alpha value is -1.97. The monoisotopic (exact) mass is 248 g/mol. The van der Waals surface area contributed by atoms with Crippen LogP contribution in [-0.2, 0) is 4.79 Å². The van der Waals surface area contributed by atoms with E-state index in [0.717, 1.165) is 19.3 Å². The number of aromatic amines is 1. The first-order valence-corrected chi connectivity index (χ1v) is 6.13. The van der Waals surface area contributed by atoms with Crippen molar-refractivity contribution < 1.29 is 4.79 Å². The van der Waals surface area contributed by atoms with Crippen LogP contribution in [0, 0.1) is 16.7 Å². The average molecular weight is 248 g/mol. The fourth-order valence-corrected chi connectivity index (χ4v) is 2.30. The van der Waals surface area contributed by atoms with Gasteiger partial charge in [0, 0.05) is 0 Å². The Balaban J connectivity index is 2.04. The van der Waals surface area contributed by atoms with Crippen molar-refractivity contribution in [3.8, 4) is 6.07 Å². The molecule has 1 fully saturated rings. The minimum atomic E-state index is -0.879. The fraction of sp³-hybridized carbons (Fsp3) is 0.727. The average Bonchev–Trinajstić information content (AvgIpc) is 2.93. The second-order valence-corrected chi connectivity index (χ2v) is 4.72. The minimum absolute atomic E-state index is 0.220. The molecule has 0 spiro atoms. The largest absolute Gasteiger partial charge is 0.345 e. The number of nitrogens with zero attached hydrogens (tertiary/aromatic N) is 4. The van der Waals surface area contributed by atoms with Gasteiger partial charge in [0.05, 0.1) is 12.1 Å². The van der Waals surface area contributed by atoms with Crippen LogP contribution in [0.2, 0.25) is 0 Å². The van der Waals surface area contributed by atoms with Gasteiger partial charge in [0.2, 0.25) is 5.91 Å². The van der Waals surface area contributed by atoms with Gasteiger partial charge < -0.3 is 5.32 Å². The molecule has 0 saturated heterocycles. The van der Waals surface area contributed by atoms with Crippen LogP contribution < -0.4 is 5.32 Å². The highest BCUT2D eigenvalue weighted by atomic mass is 16.2. The number of aromatic nitrogens is 4. The van der Waals surface area contributed by atoms with E-state index in [0.29, 0.717) is 18.7 Å². The van der Waals surface area contributed by atoms with Crippen LogP contribution in [0.1, 0.15) is 50.9 Å². The van der Waals surface area contributed by atoms with Gasteiger partial charge in [-0.25, -0.2) is 0 Å². The number of hydrogen-bond acceptors (Lipinski definition) is 5. The maximum absolute atomic E-state index is 12.2. The number of amides is 1. The second kappa shape index (κ2) is 5.12. The molecule has 1 aliphatic carbocycles. The first-order chi connectivity index (χ1) is 8.68. The number of carbonyl (C=O) groups excluding carboxylic acids is 1. The van der Waals surface area contributed by atoms with Crippen molar-refractivity contribution in [2.24, 2.45) is 5.41 Å². The molecular formula is C11H16N6O. The number of rotatable bonds is 3. The van der Waals surface area contributed by atoms with Crippen molar-refractivity contribution in [3.05, 3.63) is 5.82 Å². The summed E-state index contributed by atoms with van der Waals surface area (Å²) in [4.78, 5) is 12.2. The van der Waals surface area contributed by atoms with Crippen LogP contribution in [0.4, 0.5) is 0 Å². The summed E-state index contributed by atoms with van der Waals surface area (Å²) in [5.41, 5.74) is -0.879. The third kappa shape index (κ3) is 2.32. The van der Waals surface area contributed by atoms with Crippen molar-refractivity contribution in [3.63, 3.8) is 0 Å². The Bertz CT molecular complexity index is 443. The van der Waals surface area contributed by atoms with E-state index in [4.69, 9.17) is 0 Å².